The Hall–Kier alpha value is -1.36. The van der Waals surface area contributed by atoms with Crippen LogP contribution in [0.2, 0.25) is 0 Å². The minimum atomic E-state index is -0.225. The highest BCUT2D eigenvalue weighted by molar-refractivity contribution is 7.08. The fourth-order valence-corrected chi connectivity index (χ4v) is 4.84. The molecule has 0 aromatic carbocycles. The molecule has 2 amide bonds. The van der Waals surface area contributed by atoms with Gasteiger partial charge in [-0.2, -0.15) is 11.3 Å². The maximum atomic E-state index is 12.9. The molecule has 4 rings (SSSR count). The van der Waals surface area contributed by atoms with E-state index in [4.69, 9.17) is 0 Å². The Morgan fingerprint density at radius 1 is 1.35 bits per heavy atom. The maximum absolute atomic E-state index is 12.9. The van der Waals surface area contributed by atoms with E-state index < -0.39 is 0 Å². The van der Waals surface area contributed by atoms with Crippen LogP contribution in [0.25, 0.3) is 0 Å². The third-order valence-electron chi connectivity index (χ3n) is 5.58. The van der Waals surface area contributed by atoms with Crippen LogP contribution in [0.5, 0.6) is 0 Å². The summed E-state index contributed by atoms with van der Waals surface area (Å²) >= 11 is 1.63. The van der Waals surface area contributed by atoms with E-state index in [1.54, 1.807) is 11.3 Å². The summed E-state index contributed by atoms with van der Waals surface area (Å²) < 4.78 is 0. The number of rotatable bonds is 4. The number of carbonyl (C=O) groups is 2. The van der Waals surface area contributed by atoms with Crippen LogP contribution in [-0.4, -0.2) is 46.8 Å². The normalized spacial score (nSPS) is 27.9. The molecule has 2 aliphatic heterocycles. The zero-order valence-electron chi connectivity index (χ0n) is 13.5. The molecule has 23 heavy (non-hydrogen) atoms. The van der Waals surface area contributed by atoms with Gasteiger partial charge in [-0.1, -0.05) is 0 Å². The number of piperidine rings is 1. The largest absolute Gasteiger partial charge is 0.340 e. The summed E-state index contributed by atoms with van der Waals surface area (Å²) in [5.74, 6) is 1.17. The van der Waals surface area contributed by atoms with Crippen LogP contribution < -0.4 is 0 Å². The van der Waals surface area contributed by atoms with Crippen LogP contribution in [0, 0.1) is 5.92 Å². The maximum Gasteiger partial charge on any atom is 0.227 e. The molecular weight excluding hydrogens is 308 g/mol. The van der Waals surface area contributed by atoms with E-state index in [9.17, 15) is 9.59 Å². The second-order valence-electron chi connectivity index (χ2n) is 7.43. The van der Waals surface area contributed by atoms with Crippen molar-refractivity contribution in [2.75, 3.05) is 19.6 Å². The van der Waals surface area contributed by atoms with Crippen molar-refractivity contribution >= 4 is 23.2 Å². The van der Waals surface area contributed by atoms with E-state index in [0.717, 1.165) is 44.5 Å². The lowest BCUT2D eigenvalue weighted by Crippen LogP contribution is -2.56. The van der Waals surface area contributed by atoms with Crippen molar-refractivity contribution < 1.29 is 9.59 Å². The third kappa shape index (κ3) is 3.03. The fraction of sp³-hybridized carbons (Fsp3) is 0.667. The van der Waals surface area contributed by atoms with Gasteiger partial charge in [0, 0.05) is 19.6 Å². The number of thiophene rings is 1. The Bertz CT molecular complexity index is 596. The summed E-state index contributed by atoms with van der Waals surface area (Å²) in [6.07, 6.45) is 6.71. The van der Waals surface area contributed by atoms with Crippen LogP contribution in [-0.2, 0) is 16.0 Å². The van der Waals surface area contributed by atoms with E-state index in [-0.39, 0.29) is 17.4 Å². The summed E-state index contributed by atoms with van der Waals surface area (Å²) in [5.41, 5.74) is 0.872. The Kier molecular flexibility index (Phi) is 3.92. The number of amides is 2. The first kappa shape index (κ1) is 15.2. The molecule has 2 saturated heterocycles. The van der Waals surface area contributed by atoms with E-state index >= 15 is 0 Å². The summed E-state index contributed by atoms with van der Waals surface area (Å²) in [5, 5.41) is 4.07. The van der Waals surface area contributed by atoms with Crippen molar-refractivity contribution in [2.24, 2.45) is 5.92 Å². The first-order valence-electron chi connectivity index (χ1n) is 8.76. The van der Waals surface area contributed by atoms with Crippen molar-refractivity contribution in [1.29, 1.82) is 0 Å². The first-order chi connectivity index (χ1) is 11.2. The molecule has 1 aliphatic carbocycles. The van der Waals surface area contributed by atoms with Crippen LogP contribution in [0.3, 0.4) is 0 Å². The average molecular weight is 332 g/mol. The van der Waals surface area contributed by atoms with Crippen LogP contribution in [0.4, 0.5) is 0 Å². The van der Waals surface area contributed by atoms with Crippen molar-refractivity contribution in [2.45, 2.75) is 50.5 Å². The number of likely N-dealkylation sites (tertiary alicyclic amines) is 2. The summed E-state index contributed by atoms with van der Waals surface area (Å²) in [7, 11) is 0. The van der Waals surface area contributed by atoms with Gasteiger partial charge < -0.3 is 9.80 Å². The predicted octanol–water partition coefficient (Wildman–Crippen LogP) is 2.68. The Morgan fingerprint density at radius 2 is 2.22 bits per heavy atom. The SMILES string of the molecule is O=C1C[C@]2(CCCCN2C(=O)Cc2ccsc2)CN1CC1CC1. The highest BCUT2D eigenvalue weighted by Gasteiger charge is 2.50. The molecule has 0 radical (unpaired) electrons. The zero-order chi connectivity index (χ0) is 15.9. The van der Waals surface area contributed by atoms with Crippen molar-refractivity contribution in [3.8, 4) is 0 Å². The molecule has 3 aliphatic rings. The molecule has 0 unspecified atom stereocenters. The minimum absolute atomic E-state index is 0.198. The Labute approximate surface area is 141 Å². The van der Waals surface area contributed by atoms with Crippen LogP contribution in [0.1, 0.15) is 44.1 Å². The second-order valence-corrected chi connectivity index (χ2v) is 8.21. The van der Waals surface area contributed by atoms with Crippen molar-refractivity contribution in [3.05, 3.63) is 22.4 Å². The molecule has 1 atom stereocenters. The Balaban J connectivity index is 1.50. The molecule has 124 valence electrons. The summed E-state index contributed by atoms with van der Waals surface area (Å²) in [6, 6.07) is 2.03. The Morgan fingerprint density at radius 3 is 2.96 bits per heavy atom. The van der Waals surface area contributed by atoms with Gasteiger partial charge in [0.15, 0.2) is 0 Å². The summed E-state index contributed by atoms with van der Waals surface area (Å²) in [4.78, 5) is 29.5. The molecular formula is C18H24N2O2S. The molecule has 3 heterocycles. The molecule has 3 fully saturated rings. The second kappa shape index (κ2) is 5.93. The van der Waals surface area contributed by atoms with Gasteiger partial charge in [0.2, 0.25) is 11.8 Å². The molecule has 1 saturated carbocycles. The lowest BCUT2D eigenvalue weighted by Gasteiger charge is -2.44. The van der Waals surface area contributed by atoms with Crippen molar-refractivity contribution in [3.63, 3.8) is 0 Å². The molecule has 4 nitrogen and oxygen atoms in total. The average Bonchev–Trinajstić information content (AvgIpc) is 3.10. The standard InChI is InChI=1S/C18H24N2O2S/c21-16(9-15-5-8-23-12-15)20-7-2-1-6-18(20)10-17(22)19(13-18)11-14-3-4-14/h5,8,12,14H,1-4,6-7,9-11,13H2/t18-/m1/s1. The van der Waals surface area contributed by atoms with E-state index in [1.165, 1.54) is 12.8 Å². The fourth-order valence-electron chi connectivity index (χ4n) is 4.17. The molecule has 5 heteroatoms. The lowest BCUT2D eigenvalue weighted by molar-refractivity contribution is -0.138. The third-order valence-corrected chi connectivity index (χ3v) is 6.31. The van der Waals surface area contributed by atoms with Gasteiger partial charge in [-0.25, -0.2) is 0 Å². The highest BCUT2D eigenvalue weighted by atomic mass is 32.1. The minimum Gasteiger partial charge on any atom is -0.340 e. The molecule has 1 aromatic heterocycles. The van der Waals surface area contributed by atoms with Gasteiger partial charge in [0.05, 0.1) is 18.4 Å². The highest BCUT2D eigenvalue weighted by Crippen LogP contribution is 2.40. The molecule has 1 aromatic rings. The monoisotopic (exact) mass is 332 g/mol. The van der Waals surface area contributed by atoms with Gasteiger partial charge in [-0.3, -0.25) is 9.59 Å². The molecule has 0 bridgehead atoms. The predicted molar refractivity (Wildman–Crippen MR) is 90.2 cm³/mol. The molecule has 0 N–H and O–H groups in total. The summed E-state index contributed by atoms with van der Waals surface area (Å²) in [6.45, 7) is 2.48. The quantitative estimate of drug-likeness (QED) is 0.850. The number of carbonyl (C=O) groups excluding carboxylic acids is 2. The van der Waals surface area contributed by atoms with Crippen LogP contribution in [0.15, 0.2) is 16.8 Å². The number of hydrogen-bond acceptors (Lipinski definition) is 3. The van der Waals surface area contributed by atoms with E-state index in [1.807, 2.05) is 21.7 Å². The van der Waals surface area contributed by atoms with Gasteiger partial charge in [0.1, 0.15) is 0 Å². The lowest BCUT2D eigenvalue weighted by atomic mass is 9.85. The topological polar surface area (TPSA) is 40.6 Å². The number of hydrogen-bond donors (Lipinski definition) is 0. The van der Waals surface area contributed by atoms with Gasteiger partial charge in [0.25, 0.3) is 0 Å². The van der Waals surface area contributed by atoms with Gasteiger partial charge in [-0.05, 0) is 60.4 Å². The first-order valence-corrected chi connectivity index (χ1v) is 9.70. The zero-order valence-corrected chi connectivity index (χ0v) is 14.3. The van der Waals surface area contributed by atoms with E-state index in [0.29, 0.717) is 18.8 Å². The van der Waals surface area contributed by atoms with Gasteiger partial charge in [-0.15, -0.1) is 0 Å². The smallest absolute Gasteiger partial charge is 0.227 e. The van der Waals surface area contributed by atoms with Crippen LogP contribution >= 0.6 is 11.3 Å². The van der Waals surface area contributed by atoms with E-state index in [2.05, 4.69) is 4.90 Å². The van der Waals surface area contributed by atoms with Gasteiger partial charge >= 0.3 is 0 Å². The van der Waals surface area contributed by atoms with Crippen molar-refractivity contribution in [1.82, 2.24) is 9.80 Å². The number of nitrogens with zero attached hydrogens (tertiary/aromatic N) is 2. The molecule has 1 spiro atoms.